The molecule has 0 aromatic carbocycles. The summed E-state index contributed by atoms with van der Waals surface area (Å²) in [6, 6.07) is -0.767. The minimum Gasteiger partial charge on any atom is -0.462 e. The van der Waals surface area contributed by atoms with Crippen LogP contribution in [0.15, 0.2) is 23.8 Å². The third-order valence-electron chi connectivity index (χ3n) is 13.1. The van der Waals surface area contributed by atoms with E-state index in [-0.39, 0.29) is 25.2 Å². The summed E-state index contributed by atoms with van der Waals surface area (Å²) in [5.41, 5.74) is -0.826. The number of aliphatic hydroxyl groups is 5. The van der Waals surface area contributed by atoms with Crippen molar-refractivity contribution >= 4 is 18.0 Å². The summed E-state index contributed by atoms with van der Waals surface area (Å²) in [6.07, 6.45) is -9.08. The van der Waals surface area contributed by atoms with Crippen molar-refractivity contribution in [3.05, 3.63) is 23.8 Å². The molecule has 0 aromatic rings. The van der Waals surface area contributed by atoms with E-state index in [2.05, 4.69) is 0 Å². The number of carbonyl (C=O) groups excluding carboxylic acids is 3. The summed E-state index contributed by atoms with van der Waals surface area (Å²) in [5.74, 6) is -4.14. The quantitative estimate of drug-likeness (QED) is 0.138. The maximum atomic E-state index is 13.7. The standard InChI is InChI=1S/C45H75NO17/c1-13-32-29(21-57-44-41(56-12)40(55-11)36(51)25(5)59-44)16-22(2)14-15-30(48)23(3)17-28(20-47)38(24(4)31(49)18-33(50)61-32)63-43-37(52)35(46(9)10)39(26(6)60-43)62-34-19-45(8,54)42(53)27(7)58-34/h14-16,20,23-29,31-32,34-44,49,51-54H,13,17-19,21H2,1-12H3/b15-14+,22-16-/t23-,24-,25+,26+,27-,28-,29+,31-,32-,34+,35+,36-,37-,38-,39-,40-,41-,42+,43-,44+,45-/m0/s1. The van der Waals surface area contributed by atoms with Crippen LogP contribution in [0.5, 0.6) is 0 Å². The molecular formula is C45H75NO17. The largest absolute Gasteiger partial charge is 0.462 e. The molecule has 4 rings (SSSR count). The molecule has 0 radical (unpaired) electrons. The number of nitrogens with zero attached hydrogens (tertiary/aromatic N) is 1. The van der Waals surface area contributed by atoms with E-state index in [0.717, 1.165) is 0 Å². The number of aldehydes is 1. The molecular weight excluding hydrogens is 826 g/mol. The number of ether oxygens (including phenoxy) is 9. The first-order chi connectivity index (χ1) is 29.6. The molecule has 0 aliphatic carbocycles. The maximum absolute atomic E-state index is 13.7. The highest BCUT2D eigenvalue weighted by Gasteiger charge is 2.52. The van der Waals surface area contributed by atoms with Crippen molar-refractivity contribution in [3.63, 3.8) is 0 Å². The number of ketones is 1. The fourth-order valence-corrected chi connectivity index (χ4v) is 9.19. The molecule has 4 heterocycles. The molecule has 0 saturated carbocycles. The Balaban J connectivity index is 1.60. The number of carbonyl (C=O) groups is 3. The van der Waals surface area contributed by atoms with Gasteiger partial charge in [0, 0.05) is 44.3 Å². The predicted molar refractivity (Wildman–Crippen MR) is 226 cm³/mol. The van der Waals surface area contributed by atoms with E-state index in [0.29, 0.717) is 18.3 Å². The fraction of sp³-hybridized carbons (Fsp3) is 0.844. The van der Waals surface area contributed by atoms with Gasteiger partial charge in [-0.05, 0) is 67.6 Å². The van der Waals surface area contributed by atoms with Gasteiger partial charge >= 0.3 is 5.97 Å². The van der Waals surface area contributed by atoms with E-state index in [1.165, 1.54) is 27.2 Å². The third kappa shape index (κ3) is 13.2. The molecule has 4 aliphatic heterocycles. The average Bonchev–Trinajstić information content (AvgIpc) is 3.22. The minimum atomic E-state index is -1.49. The van der Waals surface area contributed by atoms with Crippen LogP contribution in [0.3, 0.4) is 0 Å². The van der Waals surface area contributed by atoms with Crippen molar-refractivity contribution in [2.24, 2.45) is 23.7 Å². The molecule has 3 fully saturated rings. The zero-order chi connectivity index (χ0) is 47.1. The first-order valence-corrected chi connectivity index (χ1v) is 22.2. The molecule has 5 N–H and O–H groups in total. The summed E-state index contributed by atoms with van der Waals surface area (Å²) in [4.78, 5) is 42.0. The highest BCUT2D eigenvalue weighted by Crippen LogP contribution is 2.37. The normalized spacial score (nSPS) is 46.5. The molecule has 0 aromatic heterocycles. The van der Waals surface area contributed by atoms with Crippen molar-refractivity contribution in [2.75, 3.05) is 34.9 Å². The molecule has 0 bridgehead atoms. The van der Waals surface area contributed by atoms with Crippen LogP contribution in [0.1, 0.15) is 81.1 Å². The predicted octanol–water partition coefficient (Wildman–Crippen LogP) is 1.44. The van der Waals surface area contributed by atoms with Crippen molar-refractivity contribution in [1.82, 2.24) is 4.90 Å². The molecule has 4 aliphatic rings. The van der Waals surface area contributed by atoms with E-state index in [1.54, 1.807) is 66.6 Å². The number of likely N-dealkylation sites (N-methyl/N-ethyl adjacent to an activating group) is 1. The van der Waals surface area contributed by atoms with Crippen molar-refractivity contribution in [3.8, 4) is 0 Å². The van der Waals surface area contributed by atoms with Crippen LogP contribution in [-0.4, -0.2) is 187 Å². The highest BCUT2D eigenvalue weighted by atomic mass is 16.7. The zero-order valence-corrected chi connectivity index (χ0v) is 39.0. The van der Waals surface area contributed by atoms with Gasteiger partial charge in [-0.3, -0.25) is 9.59 Å². The van der Waals surface area contributed by atoms with Gasteiger partial charge in [-0.25, -0.2) is 0 Å². The summed E-state index contributed by atoms with van der Waals surface area (Å²) >= 11 is 0. The summed E-state index contributed by atoms with van der Waals surface area (Å²) in [7, 11) is 6.40. The van der Waals surface area contributed by atoms with Crippen molar-refractivity contribution in [2.45, 2.75) is 185 Å². The maximum Gasteiger partial charge on any atom is 0.308 e. The Kier molecular flexibility index (Phi) is 19.9. The third-order valence-corrected chi connectivity index (χ3v) is 13.1. The lowest BCUT2D eigenvalue weighted by molar-refractivity contribution is -0.341. The van der Waals surface area contributed by atoms with Gasteiger partial charge in [-0.15, -0.1) is 0 Å². The van der Waals surface area contributed by atoms with Gasteiger partial charge in [0.1, 0.15) is 49.0 Å². The number of hydrogen-bond donors (Lipinski definition) is 5. The number of allylic oxidation sites excluding steroid dienone is 3. The van der Waals surface area contributed by atoms with Crippen LogP contribution in [0, 0.1) is 23.7 Å². The Morgan fingerprint density at radius 3 is 2.10 bits per heavy atom. The number of cyclic esters (lactones) is 1. The molecule has 3 saturated heterocycles. The highest BCUT2D eigenvalue weighted by molar-refractivity contribution is 5.92. The smallest absolute Gasteiger partial charge is 0.308 e. The topological polar surface area (TPSA) is 239 Å². The van der Waals surface area contributed by atoms with Gasteiger partial charge in [-0.2, -0.15) is 0 Å². The van der Waals surface area contributed by atoms with Crippen LogP contribution in [0.25, 0.3) is 0 Å². The van der Waals surface area contributed by atoms with Gasteiger partial charge in [0.05, 0.1) is 55.2 Å². The molecule has 63 heavy (non-hydrogen) atoms. The van der Waals surface area contributed by atoms with Gasteiger partial charge < -0.3 is 77.9 Å². The lowest BCUT2D eigenvalue weighted by Crippen LogP contribution is -2.65. The number of hydrogen-bond acceptors (Lipinski definition) is 18. The Labute approximate surface area is 372 Å². The first kappa shape index (κ1) is 53.3. The molecule has 18 nitrogen and oxygen atoms in total. The van der Waals surface area contributed by atoms with Gasteiger partial charge in [0.25, 0.3) is 0 Å². The lowest BCUT2D eigenvalue weighted by atomic mass is 9.81. The van der Waals surface area contributed by atoms with Crippen LogP contribution in [-0.2, 0) is 57.0 Å². The van der Waals surface area contributed by atoms with E-state index in [1.807, 2.05) is 13.0 Å². The second-order valence-electron chi connectivity index (χ2n) is 18.4. The van der Waals surface area contributed by atoms with E-state index >= 15 is 0 Å². The van der Waals surface area contributed by atoms with Crippen LogP contribution in [0.2, 0.25) is 0 Å². The van der Waals surface area contributed by atoms with Crippen LogP contribution < -0.4 is 0 Å². The van der Waals surface area contributed by atoms with Gasteiger partial charge in [-0.1, -0.05) is 38.5 Å². The van der Waals surface area contributed by atoms with E-state index < -0.39 is 140 Å². The van der Waals surface area contributed by atoms with E-state index in [9.17, 15) is 39.9 Å². The second kappa shape index (κ2) is 23.5. The molecule has 21 atom stereocenters. The van der Waals surface area contributed by atoms with Crippen LogP contribution >= 0.6 is 0 Å². The Bertz CT molecular complexity index is 1540. The SMILES string of the molecule is CC[C@@H]1OC(=O)C[C@H](O)[C@H](C)[C@H](O[C@@H]2O[C@H](C)[C@H](O[C@@H]3C[C@](C)(O)[C@H](O)[C@H](C)O3)[C@H](N(C)C)[C@@H]2O)[C@H](C=O)C[C@H](C)C(=O)/C=C/C(C)=C\[C@@H]1CO[C@@H]1O[C@H](C)[C@H](O)[C@H](OC)[C@@H]1OC. The average molecular weight is 902 g/mol. The summed E-state index contributed by atoms with van der Waals surface area (Å²) in [5, 5.41) is 55.5. The van der Waals surface area contributed by atoms with Gasteiger partial charge in [0.15, 0.2) is 24.7 Å². The monoisotopic (exact) mass is 902 g/mol. The van der Waals surface area contributed by atoms with Crippen LogP contribution in [0.4, 0.5) is 0 Å². The Morgan fingerprint density at radius 2 is 1.51 bits per heavy atom. The molecule has 18 heteroatoms. The number of methoxy groups -OCH3 is 2. The number of esters is 1. The number of rotatable bonds is 12. The zero-order valence-electron chi connectivity index (χ0n) is 39.0. The Hall–Kier alpha value is -2.27. The molecule has 0 spiro atoms. The number of aliphatic hydroxyl groups excluding tert-OH is 4. The van der Waals surface area contributed by atoms with Crippen molar-refractivity contribution < 1.29 is 82.5 Å². The van der Waals surface area contributed by atoms with Crippen molar-refractivity contribution in [1.29, 1.82) is 0 Å². The molecule has 0 amide bonds. The van der Waals surface area contributed by atoms with E-state index in [4.69, 9.17) is 42.6 Å². The molecule has 362 valence electrons. The second-order valence-corrected chi connectivity index (χ2v) is 18.4. The first-order valence-electron chi connectivity index (χ1n) is 22.2. The fourth-order valence-electron chi connectivity index (χ4n) is 9.19. The lowest BCUT2D eigenvalue weighted by Gasteiger charge is -2.50. The summed E-state index contributed by atoms with van der Waals surface area (Å²) < 4.78 is 54.4. The molecule has 0 unspecified atom stereocenters. The summed E-state index contributed by atoms with van der Waals surface area (Å²) in [6.45, 7) is 13.5. The Morgan fingerprint density at radius 1 is 0.857 bits per heavy atom. The van der Waals surface area contributed by atoms with Gasteiger partial charge in [0.2, 0.25) is 0 Å². The minimum absolute atomic E-state index is 0.0117.